The standard InChI is InChI=1S/C14H23N3OS/c1-3-5-16-6-8-17(9-7-16)13-10-11(15)14(19-13)12(18)4-2/h10H,3-9,15H2,1-2H3. The number of nitrogens with two attached hydrogens (primary N) is 1. The van der Waals surface area contributed by atoms with Gasteiger partial charge in [0, 0.05) is 32.6 Å². The van der Waals surface area contributed by atoms with Crippen LogP contribution in [0.5, 0.6) is 0 Å². The van der Waals surface area contributed by atoms with Gasteiger partial charge in [0.05, 0.1) is 15.6 Å². The first-order chi connectivity index (χ1) is 9.15. The quantitative estimate of drug-likeness (QED) is 0.842. The second-order valence-electron chi connectivity index (χ2n) is 4.97. The van der Waals surface area contributed by atoms with Crippen LogP contribution in [0.1, 0.15) is 36.4 Å². The van der Waals surface area contributed by atoms with Crippen LogP contribution in [-0.4, -0.2) is 43.4 Å². The van der Waals surface area contributed by atoms with Gasteiger partial charge in [-0.25, -0.2) is 0 Å². The molecule has 2 heterocycles. The van der Waals surface area contributed by atoms with E-state index in [2.05, 4.69) is 16.7 Å². The Morgan fingerprint density at radius 1 is 1.32 bits per heavy atom. The Morgan fingerprint density at radius 2 is 2.00 bits per heavy atom. The highest BCUT2D eigenvalue weighted by Gasteiger charge is 2.20. The summed E-state index contributed by atoms with van der Waals surface area (Å²) >= 11 is 1.55. The Kier molecular flexibility index (Phi) is 4.82. The van der Waals surface area contributed by atoms with Gasteiger partial charge in [0.1, 0.15) is 0 Å². The number of anilines is 2. The number of hydrogen-bond donors (Lipinski definition) is 1. The molecule has 1 aliphatic heterocycles. The van der Waals surface area contributed by atoms with Crippen LogP contribution in [0, 0.1) is 0 Å². The number of ketones is 1. The molecule has 1 fully saturated rings. The topological polar surface area (TPSA) is 49.6 Å². The summed E-state index contributed by atoms with van der Waals surface area (Å²) in [7, 11) is 0. The monoisotopic (exact) mass is 281 g/mol. The number of nitrogens with zero attached hydrogens (tertiary/aromatic N) is 2. The molecule has 0 aliphatic carbocycles. The number of carbonyl (C=O) groups excluding carboxylic acids is 1. The van der Waals surface area contributed by atoms with Crippen molar-refractivity contribution in [1.29, 1.82) is 0 Å². The molecule has 2 rings (SSSR count). The van der Waals surface area contributed by atoms with Crippen molar-refractivity contribution >= 4 is 27.8 Å². The Bertz CT molecular complexity index is 436. The van der Waals surface area contributed by atoms with E-state index in [-0.39, 0.29) is 5.78 Å². The van der Waals surface area contributed by atoms with E-state index in [1.54, 1.807) is 11.3 Å². The Balaban J connectivity index is 2.02. The summed E-state index contributed by atoms with van der Waals surface area (Å²) in [4.78, 5) is 17.3. The molecule has 1 aromatic heterocycles. The third-order valence-electron chi connectivity index (χ3n) is 3.55. The fourth-order valence-corrected chi connectivity index (χ4v) is 3.58. The molecule has 0 aromatic carbocycles. The van der Waals surface area contributed by atoms with Gasteiger partial charge >= 0.3 is 0 Å². The van der Waals surface area contributed by atoms with E-state index in [0.717, 1.165) is 36.1 Å². The summed E-state index contributed by atoms with van der Waals surface area (Å²) in [5.41, 5.74) is 6.59. The highest BCUT2D eigenvalue weighted by Crippen LogP contribution is 2.33. The molecule has 0 amide bonds. The highest BCUT2D eigenvalue weighted by molar-refractivity contribution is 7.18. The average Bonchev–Trinajstić information content (AvgIpc) is 2.81. The molecule has 5 heteroatoms. The molecule has 19 heavy (non-hydrogen) atoms. The lowest BCUT2D eigenvalue weighted by molar-refractivity contribution is 0.0993. The Morgan fingerprint density at radius 3 is 2.58 bits per heavy atom. The van der Waals surface area contributed by atoms with E-state index in [0.29, 0.717) is 12.1 Å². The summed E-state index contributed by atoms with van der Waals surface area (Å²) in [6.07, 6.45) is 1.73. The number of hydrogen-bond acceptors (Lipinski definition) is 5. The molecule has 1 aliphatic rings. The van der Waals surface area contributed by atoms with Gasteiger partial charge in [-0.3, -0.25) is 9.69 Å². The lowest BCUT2D eigenvalue weighted by Gasteiger charge is -2.35. The van der Waals surface area contributed by atoms with Crippen LogP contribution in [-0.2, 0) is 0 Å². The van der Waals surface area contributed by atoms with Gasteiger partial charge in [-0.1, -0.05) is 13.8 Å². The number of nitrogen functional groups attached to an aromatic ring is 1. The summed E-state index contributed by atoms with van der Waals surface area (Å²) in [5.74, 6) is 0.151. The minimum Gasteiger partial charge on any atom is -0.397 e. The molecule has 0 spiro atoms. The molecule has 4 nitrogen and oxygen atoms in total. The highest BCUT2D eigenvalue weighted by atomic mass is 32.1. The second kappa shape index (κ2) is 6.39. The van der Waals surface area contributed by atoms with E-state index >= 15 is 0 Å². The van der Waals surface area contributed by atoms with Gasteiger partial charge in [-0.2, -0.15) is 0 Å². The molecule has 0 bridgehead atoms. The third kappa shape index (κ3) is 3.28. The number of thiophene rings is 1. The first-order valence-corrected chi connectivity index (χ1v) is 7.87. The largest absolute Gasteiger partial charge is 0.397 e. The van der Waals surface area contributed by atoms with Crippen molar-refractivity contribution in [3.63, 3.8) is 0 Å². The van der Waals surface area contributed by atoms with Crippen LogP contribution in [0.3, 0.4) is 0 Å². The van der Waals surface area contributed by atoms with Gasteiger partial charge in [0.15, 0.2) is 5.78 Å². The van der Waals surface area contributed by atoms with Gasteiger partial charge < -0.3 is 10.6 Å². The van der Waals surface area contributed by atoms with E-state index in [1.807, 2.05) is 13.0 Å². The summed E-state index contributed by atoms with van der Waals surface area (Å²) in [6, 6.07) is 1.96. The minimum absolute atomic E-state index is 0.151. The van der Waals surface area contributed by atoms with E-state index in [1.165, 1.54) is 13.0 Å². The van der Waals surface area contributed by atoms with Crippen molar-refractivity contribution in [2.45, 2.75) is 26.7 Å². The van der Waals surface area contributed by atoms with Crippen molar-refractivity contribution < 1.29 is 4.79 Å². The van der Waals surface area contributed by atoms with E-state index in [4.69, 9.17) is 5.73 Å². The Labute approximate surface area is 119 Å². The fraction of sp³-hybridized carbons (Fsp3) is 0.643. The lowest BCUT2D eigenvalue weighted by atomic mass is 10.2. The lowest BCUT2D eigenvalue weighted by Crippen LogP contribution is -2.46. The maximum absolute atomic E-state index is 11.8. The average molecular weight is 281 g/mol. The van der Waals surface area contributed by atoms with E-state index < -0.39 is 0 Å². The summed E-state index contributed by atoms with van der Waals surface area (Å²) < 4.78 is 0. The summed E-state index contributed by atoms with van der Waals surface area (Å²) in [6.45, 7) is 9.53. The van der Waals surface area contributed by atoms with Gasteiger partial charge in [0.25, 0.3) is 0 Å². The molecule has 0 atom stereocenters. The van der Waals surface area contributed by atoms with Crippen molar-refractivity contribution in [2.24, 2.45) is 0 Å². The SMILES string of the molecule is CCCN1CCN(c2cc(N)c(C(=O)CC)s2)CC1. The number of rotatable bonds is 5. The smallest absolute Gasteiger partial charge is 0.174 e. The molecule has 2 N–H and O–H groups in total. The first-order valence-electron chi connectivity index (χ1n) is 7.05. The number of Topliss-reactive ketones (excluding diaryl/α,β-unsaturated/α-hetero) is 1. The van der Waals surface area contributed by atoms with Gasteiger partial charge in [-0.05, 0) is 19.0 Å². The maximum atomic E-state index is 11.8. The number of carbonyl (C=O) groups is 1. The second-order valence-corrected chi connectivity index (χ2v) is 6.01. The molecule has 0 saturated carbocycles. The van der Waals surface area contributed by atoms with Crippen LogP contribution in [0.2, 0.25) is 0 Å². The van der Waals surface area contributed by atoms with E-state index in [9.17, 15) is 4.79 Å². The molecule has 1 saturated heterocycles. The van der Waals surface area contributed by atoms with Crippen molar-refractivity contribution in [2.75, 3.05) is 43.4 Å². The normalized spacial score (nSPS) is 16.8. The zero-order valence-corrected chi connectivity index (χ0v) is 12.6. The van der Waals surface area contributed by atoms with Crippen LogP contribution in [0.25, 0.3) is 0 Å². The zero-order chi connectivity index (χ0) is 13.8. The fourth-order valence-electron chi connectivity index (χ4n) is 2.43. The van der Waals surface area contributed by atoms with Crippen LogP contribution < -0.4 is 10.6 Å². The third-order valence-corrected chi connectivity index (χ3v) is 4.80. The van der Waals surface area contributed by atoms with Crippen molar-refractivity contribution in [3.05, 3.63) is 10.9 Å². The summed E-state index contributed by atoms with van der Waals surface area (Å²) in [5, 5.41) is 1.14. The predicted molar refractivity (Wildman–Crippen MR) is 82.3 cm³/mol. The van der Waals surface area contributed by atoms with Crippen LogP contribution in [0.4, 0.5) is 10.7 Å². The van der Waals surface area contributed by atoms with Crippen LogP contribution >= 0.6 is 11.3 Å². The molecule has 1 aromatic rings. The minimum atomic E-state index is 0.151. The van der Waals surface area contributed by atoms with Crippen LogP contribution in [0.15, 0.2) is 6.07 Å². The predicted octanol–water partition coefficient (Wildman–Crippen LogP) is 2.46. The molecular formula is C14H23N3OS. The molecule has 0 unspecified atom stereocenters. The maximum Gasteiger partial charge on any atom is 0.174 e. The zero-order valence-electron chi connectivity index (χ0n) is 11.8. The molecule has 0 radical (unpaired) electrons. The van der Waals surface area contributed by atoms with Crippen molar-refractivity contribution in [1.82, 2.24) is 4.90 Å². The van der Waals surface area contributed by atoms with Gasteiger partial charge in [0.2, 0.25) is 0 Å². The molecule has 106 valence electrons. The van der Waals surface area contributed by atoms with Crippen molar-refractivity contribution in [3.8, 4) is 0 Å². The van der Waals surface area contributed by atoms with Gasteiger partial charge in [-0.15, -0.1) is 11.3 Å². The molecular weight excluding hydrogens is 258 g/mol. The Hall–Kier alpha value is -1.07. The first kappa shape index (κ1) is 14.3. The number of piperazine rings is 1.